The Bertz CT molecular complexity index is 668. The van der Waals surface area contributed by atoms with Gasteiger partial charge in [-0.25, -0.2) is 0 Å². The molecule has 0 bridgehead atoms. The monoisotopic (exact) mass is 330 g/mol. The molecule has 0 aromatic carbocycles. The lowest BCUT2D eigenvalue weighted by atomic mass is 10.2. The first-order valence-electron chi connectivity index (χ1n) is 8.83. The standard InChI is InChI=1S/C18H26N4O2/c1-12-13(2)22(14-5-3-4-6-14)18(16(12)9-19)20-17(24)11-21-8-7-15(23)10-21/h14-15,23H,3-8,10-11H2,1-2H3,(H,20,24)/t15-/m1/s1. The fourth-order valence-corrected chi connectivity index (χ4v) is 4.04. The number of aliphatic hydroxyl groups excluding tert-OH is 1. The first-order chi connectivity index (χ1) is 11.5. The highest BCUT2D eigenvalue weighted by atomic mass is 16.3. The predicted octanol–water partition coefficient (Wildman–Crippen LogP) is 2.10. The van der Waals surface area contributed by atoms with Crippen molar-refractivity contribution in [3.8, 4) is 6.07 Å². The van der Waals surface area contributed by atoms with E-state index >= 15 is 0 Å². The average molecular weight is 330 g/mol. The summed E-state index contributed by atoms with van der Waals surface area (Å²) in [5, 5.41) is 22.1. The number of aliphatic hydroxyl groups is 1. The SMILES string of the molecule is Cc1c(C#N)c(NC(=O)CN2CC[C@@H](O)C2)n(C2CCCC2)c1C. The number of hydrogen-bond donors (Lipinski definition) is 2. The molecule has 2 fully saturated rings. The van der Waals surface area contributed by atoms with E-state index in [0.29, 0.717) is 30.4 Å². The molecule has 1 atom stereocenters. The van der Waals surface area contributed by atoms with E-state index in [-0.39, 0.29) is 18.6 Å². The quantitative estimate of drug-likeness (QED) is 0.886. The molecule has 1 aromatic heterocycles. The molecular formula is C18H26N4O2. The van der Waals surface area contributed by atoms with Crippen LogP contribution in [-0.2, 0) is 4.79 Å². The Morgan fingerprint density at radius 1 is 1.33 bits per heavy atom. The Hall–Kier alpha value is -1.84. The molecule has 2 heterocycles. The molecule has 130 valence electrons. The Balaban J connectivity index is 1.82. The average Bonchev–Trinajstić information content (AvgIpc) is 3.23. The maximum absolute atomic E-state index is 12.5. The molecule has 1 aliphatic carbocycles. The van der Waals surface area contributed by atoms with Gasteiger partial charge in [-0.05, 0) is 38.7 Å². The minimum atomic E-state index is -0.334. The Morgan fingerprint density at radius 2 is 2.04 bits per heavy atom. The third-order valence-electron chi connectivity index (χ3n) is 5.43. The summed E-state index contributed by atoms with van der Waals surface area (Å²) >= 11 is 0. The topological polar surface area (TPSA) is 81.3 Å². The lowest BCUT2D eigenvalue weighted by Gasteiger charge is -2.20. The Morgan fingerprint density at radius 3 is 2.62 bits per heavy atom. The summed E-state index contributed by atoms with van der Waals surface area (Å²) in [6.07, 6.45) is 4.97. The first kappa shape index (κ1) is 17.0. The summed E-state index contributed by atoms with van der Waals surface area (Å²) in [7, 11) is 0. The van der Waals surface area contributed by atoms with E-state index in [0.717, 1.165) is 30.6 Å². The van der Waals surface area contributed by atoms with Crippen molar-refractivity contribution in [1.82, 2.24) is 9.47 Å². The van der Waals surface area contributed by atoms with Crippen LogP contribution in [0.3, 0.4) is 0 Å². The molecule has 1 aromatic rings. The van der Waals surface area contributed by atoms with E-state index in [9.17, 15) is 15.2 Å². The minimum Gasteiger partial charge on any atom is -0.392 e. The second-order valence-corrected chi connectivity index (χ2v) is 7.08. The van der Waals surface area contributed by atoms with Crippen LogP contribution >= 0.6 is 0 Å². The molecule has 6 heteroatoms. The van der Waals surface area contributed by atoms with Crippen LogP contribution in [0.15, 0.2) is 0 Å². The highest BCUT2D eigenvalue weighted by Gasteiger charge is 2.28. The van der Waals surface area contributed by atoms with E-state index in [1.165, 1.54) is 12.8 Å². The Kier molecular flexibility index (Phi) is 4.93. The van der Waals surface area contributed by atoms with Crippen LogP contribution < -0.4 is 5.32 Å². The van der Waals surface area contributed by atoms with Crippen LogP contribution in [0.1, 0.15) is 55.0 Å². The number of nitrogens with zero attached hydrogens (tertiary/aromatic N) is 3. The van der Waals surface area contributed by atoms with Crippen molar-refractivity contribution in [2.24, 2.45) is 0 Å². The van der Waals surface area contributed by atoms with Crippen molar-refractivity contribution in [3.05, 3.63) is 16.8 Å². The predicted molar refractivity (Wildman–Crippen MR) is 91.8 cm³/mol. The second-order valence-electron chi connectivity index (χ2n) is 7.08. The molecule has 0 spiro atoms. The number of anilines is 1. The van der Waals surface area contributed by atoms with Crippen molar-refractivity contribution in [1.29, 1.82) is 5.26 Å². The first-order valence-corrected chi connectivity index (χ1v) is 8.83. The summed E-state index contributed by atoms with van der Waals surface area (Å²) in [5.41, 5.74) is 2.61. The van der Waals surface area contributed by atoms with Crippen molar-refractivity contribution in [2.75, 3.05) is 25.0 Å². The minimum absolute atomic E-state index is 0.114. The van der Waals surface area contributed by atoms with Gasteiger partial charge in [-0.2, -0.15) is 5.26 Å². The van der Waals surface area contributed by atoms with E-state index < -0.39 is 0 Å². The highest BCUT2D eigenvalue weighted by molar-refractivity contribution is 5.93. The fraction of sp³-hybridized carbons (Fsp3) is 0.667. The fourth-order valence-electron chi connectivity index (χ4n) is 4.04. The number of aromatic nitrogens is 1. The molecule has 1 amide bonds. The third kappa shape index (κ3) is 3.19. The molecule has 6 nitrogen and oxygen atoms in total. The van der Waals surface area contributed by atoms with Gasteiger partial charge in [-0.3, -0.25) is 9.69 Å². The van der Waals surface area contributed by atoms with Gasteiger partial charge in [0.2, 0.25) is 5.91 Å². The van der Waals surface area contributed by atoms with Gasteiger partial charge in [0.05, 0.1) is 18.2 Å². The number of nitrogens with one attached hydrogen (secondary N) is 1. The van der Waals surface area contributed by atoms with Crippen LogP contribution in [0.2, 0.25) is 0 Å². The molecule has 2 N–H and O–H groups in total. The van der Waals surface area contributed by atoms with E-state index in [1.807, 2.05) is 18.7 Å². The van der Waals surface area contributed by atoms with Crippen LogP contribution in [0, 0.1) is 25.2 Å². The van der Waals surface area contributed by atoms with Gasteiger partial charge in [0.15, 0.2) is 0 Å². The summed E-state index contributed by atoms with van der Waals surface area (Å²) in [5.74, 6) is 0.543. The maximum Gasteiger partial charge on any atom is 0.239 e. The summed E-state index contributed by atoms with van der Waals surface area (Å²) in [6.45, 7) is 5.52. The lowest BCUT2D eigenvalue weighted by Crippen LogP contribution is -2.33. The lowest BCUT2D eigenvalue weighted by molar-refractivity contribution is -0.117. The zero-order valence-corrected chi connectivity index (χ0v) is 14.5. The van der Waals surface area contributed by atoms with E-state index in [2.05, 4.69) is 16.0 Å². The molecule has 1 aliphatic heterocycles. The third-order valence-corrected chi connectivity index (χ3v) is 5.43. The number of β-amino-alcohol motifs (C(OH)–C–C–N with tert-alkyl or cyclic N) is 1. The zero-order valence-electron chi connectivity index (χ0n) is 14.5. The number of amides is 1. The van der Waals surface area contributed by atoms with Gasteiger partial charge >= 0.3 is 0 Å². The van der Waals surface area contributed by atoms with Gasteiger partial charge in [0.25, 0.3) is 0 Å². The van der Waals surface area contributed by atoms with Crippen molar-refractivity contribution >= 4 is 11.7 Å². The largest absolute Gasteiger partial charge is 0.392 e. The number of likely N-dealkylation sites (tertiary alicyclic amines) is 1. The molecule has 0 radical (unpaired) electrons. The molecule has 1 saturated heterocycles. The summed E-state index contributed by atoms with van der Waals surface area (Å²) in [6, 6.07) is 2.64. The van der Waals surface area contributed by atoms with Crippen LogP contribution in [0.4, 0.5) is 5.82 Å². The van der Waals surface area contributed by atoms with Crippen molar-refractivity contribution < 1.29 is 9.90 Å². The van der Waals surface area contributed by atoms with Gasteiger partial charge in [-0.15, -0.1) is 0 Å². The number of rotatable bonds is 4. The summed E-state index contributed by atoms with van der Waals surface area (Å²) in [4.78, 5) is 14.4. The molecule has 0 unspecified atom stereocenters. The number of carbonyl (C=O) groups is 1. The highest BCUT2D eigenvalue weighted by Crippen LogP contribution is 2.37. The number of nitriles is 1. The van der Waals surface area contributed by atoms with Gasteiger partial charge in [-0.1, -0.05) is 12.8 Å². The molecule has 2 aliphatic rings. The van der Waals surface area contributed by atoms with E-state index in [1.54, 1.807) is 0 Å². The molecule has 24 heavy (non-hydrogen) atoms. The van der Waals surface area contributed by atoms with Crippen LogP contribution in [-0.4, -0.2) is 46.2 Å². The number of hydrogen-bond acceptors (Lipinski definition) is 4. The van der Waals surface area contributed by atoms with E-state index in [4.69, 9.17) is 0 Å². The van der Waals surface area contributed by atoms with Crippen LogP contribution in [0.5, 0.6) is 0 Å². The molecular weight excluding hydrogens is 304 g/mol. The van der Waals surface area contributed by atoms with Crippen molar-refractivity contribution in [3.63, 3.8) is 0 Å². The van der Waals surface area contributed by atoms with Crippen LogP contribution in [0.25, 0.3) is 0 Å². The van der Waals surface area contributed by atoms with Gasteiger partial charge in [0.1, 0.15) is 11.9 Å². The maximum atomic E-state index is 12.5. The normalized spacial score (nSPS) is 22.0. The van der Waals surface area contributed by atoms with Crippen molar-refractivity contribution in [2.45, 2.75) is 58.1 Å². The zero-order chi connectivity index (χ0) is 17.3. The summed E-state index contributed by atoms with van der Waals surface area (Å²) < 4.78 is 2.16. The molecule has 1 saturated carbocycles. The van der Waals surface area contributed by atoms with Gasteiger partial charge in [0, 0.05) is 24.8 Å². The van der Waals surface area contributed by atoms with Gasteiger partial charge < -0.3 is 15.0 Å². The number of carbonyl (C=O) groups excluding carboxylic acids is 1. The smallest absolute Gasteiger partial charge is 0.239 e. The Labute approximate surface area is 143 Å². The second kappa shape index (κ2) is 6.96. The molecule has 3 rings (SSSR count).